The van der Waals surface area contributed by atoms with Gasteiger partial charge in [-0.05, 0) is 73.4 Å². The van der Waals surface area contributed by atoms with Gasteiger partial charge in [0, 0.05) is 5.92 Å². The topological polar surface area (TPSA) is 0 Å². The lowest BCUT2D eigenvalue weighted by molar-refractivity contribution is 0.382. The predicted octanol–water partition coefficient (Wildman–Crippen LogP) is 7.17. The summed E-state index contributed by atoms with van der Waals surface area (Å²) in [6, 6.07) is 5.25. The number of benzene rings is 2. The predicted molar refractivity (Wildman–Crippen MR) is 103 cm³/mol. The molecule has 148 valence electrons. The minimum absolute atomic E-state index is 0.00682. The van der Waals surface area contributed by atoms with Crippen LogP contribution in [-0.4, -0.2) is 0 Å². The maximum Gasteiger partial charge on any atom is 0.145 e. The maximum atomic E-state index is 14.2. The summed E-state index contributed by atoms with van der Waals surface area (Å²) in [5.41, 5.74) is 1.03. The summed E-state index contributed by atoms with van der Waals surface area (Å²) in [5, 5.41) is -0.489. The first kappa shape index (κ1) is 20.7. The number of halogens is 5. The van der Waals surface area contributed by atoms with E-state index < -0.39 is 28.3 Å². The summed E-state index contributed by atoms with van der Waals surface area (Å²) in [6.45, 7) is 1.95. The van der Waals surface area contributed by atoms with E-state index in [1.807, 2.05) is 6.92 Å². The zero-order valence-electron chi connectivity index (χ0n) is 15.6. The van der Waals surface area contributed by atoms with Gasteiger partial charge >= 0.3 is 0 Å². The third kappa shape index (κ3) is 4.70. The van der Waals surface area contributed by atoms with Gasteiger partial charge in [0.05, 0.1) is 5.56 Å². The minimum Gasteiger partial charge on any atom is -0.206 e. The summed E-state index contributed by atoms with van der Waals surface area (Å²) >= 11 is 5.53. The van der Waals surface area contributed by atoms with E-state index in [0.717, 1.165) is 6.42 Å². The Balaban J connectivity index is 1.67. The van der Waals surface area contributed by atoms with E-state index >= 15 is 0 Å². The third-order valence-electron chi connectivity index (χ3n) is 5.25. The first-order valence-electron chi connectivity index (χ1n) is 9.53. The molecule has 1 fully saturated rings. The fraction of sp³-hybridized carbons (Fsp3) is 0.391. The van der Waals surface area contributed by atoms with E-state index in [4.69, 9.17) is 11.6 Å². The van der Waals surface area contributed by atoms with Gasteiger partial charge in [-0.3, -0.25) is 0 Å². The first-order chi connectivity index (χ1) is 13.4. The SMILES string of the molecule is CCCc1cc(F)c(C#CC2CCC(c3cc(F)c(Cl)c(F)c3)CC2)c(F)c1. The zero-order chi connectivity index (χ0) is 20.3. The largest absolute Gasteiger partial charge is 0.206 e. The van der Waals surface area contributed by atoms with Gasteiger partial charge in [-0.15, -0.1) is 0 Å². The fourth-order valence-electron chi connectivity index (χ4n) is 3.73. The molecule has 5 heteroatoms. The molecule has 2 aromatic carbocycles. The lowest BCUT2D eigenvalue weighted by Crippen LogP contribution is -2.12. The van der Waals surface area contributed by atoms with Crippen LogP contribution in [0.2, 0.25) is 5.02 Å². The maximum absolute atomic E-state index is 14.2. The van der Waals surface area contributed by atoms with Crippen molar-refractivity contribution in [2.75, 3.05) is 0 Å². The molecule has 0 heterocycles. The molecule has 0 nitrogen and oxygen atoms in total. The molecule has 0 unspecified atom stereocenters. The van der Waals surface area contributed by atoms with E-state index in [2.05, 4.69) is 11.8 Å². The van der Waals surface area contributed by atoms with Gasteiger partial charge in [0.15, 0.2) is 0 Å². The average molecular weight is 409 g/mol. The number of rotatable bonds is 3. The van der Waals surface area contributed by atoms with Gasteiger partial charge in [0.1, 0.15) is 28.3 Å². The molecule has 1 aliphatic rings. The van der Waals surface area contributed by atoms with Crippen LogP contribution in [0, 0.1) is 41.0 Å². The Hall–Kier alpha value is -1.99. The fourth-order valence-corrected chi connectivity index (χ4v) is 3.84. The van der Waals surface area contributed by atoms with Crippen molar-refractivity contribution in [3.63, 3.8) is 0 Å². The van der Waals surface area contributed by atoms with Gasteiger partial charge in [-0.25, -0.2) is 17.6 Å². The molecule has 0 N–H and O–H groups in total. The van der Waals surface area contributed by atoms with Crippen molar-refractivity contribution in [2.24, 2.45) is 5.92 Å². The minimum atomic E-state index is -0.754. The number of aryl methyl sites for hydroxylation is 1. The highest BCUT2D eigenvalue weighted by molar-refractivity contribution is 6.30. The van der Waals surface area contributed by atoms with Crippen LogP contribution in [0.4, 0.5) is 17.6 Å². The van der Waals surface area contributed by atoms with E-state index in [1.54, 1.807) is 0 Å². The Morgan fingerprint density at radius 1 is 0.893 bits per heavy atom. The molecule has 0 aromatic heterocycles. The molecule has 0 bridgehead atoms. The summed E-state index contributed by atoms with van der Waals surface area (Å²) < 4.78 is 55.6. The van der Waals surface area contributed by atoms with Crippen LogP contribution in [0.5, 0.6) is 0 Å². The summed E-state index contributed by atoms with van der Waals surface area (Å²) in [4.78, 5) is 0. The van der Waals surface area contributed by atoms with Gasteiger partial charge in [0.25, 0.3) is 0 Å². The van der Waals surface area contributed by atoms with Crippen molar-refractivity contribution in [1.29, 1.82) is 0 Å². The highest BCUT2D eigenvalue weighted by Crippen LogP contribution is 2.37. The average Bonchev–Trinajstić information content (AvgIpc) is 2.66. The second-order valence-electron chi connectivity index (χ2n) is 7.30. The smallest absolute Gasteiger partial charge is 0.145 e. The second kappa shape index (κ2) is 9.01. The normalized spacial score (nSPS) is 19.2. The Kier molecular flexibility index (Phi) is 6.67. The molecule has 28 heavy (non-hydrogen) atoms. The molecule has 0 radical (unpaired) electrons. The molecular formula is C23H21ClF4. The number of hydrogen-bond donors (Lipinski definition) is 0. The van der Waals surface area contributed by atoms with Crippen LogP contribution in [0.3, 0.4) is 0 Å². The Bertz CT molecular complexity index is 872. The van der Waals surface area contributed by atoms with Gasteiger partial charge in [0.2, 0.25) is 0 Å². The van der Waals surface area contributed by atoms with Gasteiger partial charge in [-0.1, -0.05) is 36.8 Å². The Labute approximate surface area is 167 Å². The Morgan fingerprint density at radius 2 is 1.46 bits per heavy atom. The van der Waals surface area contributed by atoms with Crippen LogP contribution in [0.1, 0.15) is 61.6 Å². The molecule has 1 aliphatic carbocycles. The quantitative estimate of drug-likeness (QED) is 0.287. The standard InChI is InChI=1S/C23H21ClF4/c1-2-3-15-10-19(25)18(20(26)11-15)9-6-14-4-7-16(8-5-14)17-12-21(27)23(24)22(28)13-17/h10-14,16H,2-5,7-8H2,1H3. The summed E-state index contributed by atoms with van der Waals surface area (Å²) in [7, 11) is 0. The molecule has 0 spiro atoms. The van der Waals surface area contributed by atoms with Crippen LogP contribution >= 0.6 is 11.6 Å². The molecule has 0 aliphatic heterocycles. The van der Waals surface area contributed by atoms with E-state index in [-0.39, 0.29) is 17.4 Å². The highest BCUT2D eigenvalue weighted by Gasteiger charge is 2.23. The molecule has 0 atom stereocenters. The van der Waals surface area contributed by atoms with Crippen molar-refractivity contribution in [1.82, 2.24) is 0 Å². The van der Waals surface area contributed by atoms with Gasteiger partial charge in [-0.2, -0.15) is 0 Å². The van der Waals surface area contributed by atoms with E-state index in [1.165, 1.54) is 24.3 Å². The number of hydrogen-bond acceptors (Lipinski definition) is 0. The lowest BCUT2D eigenvalue weighted by Gasteiger charge is -2.26. The van der Waals surface area contributed by atoms with Gasteiger partial charge < -0.3 is 0 Å². The Morgan fingerprint density at radius 3 is 2.00 bits per heavy atom. The second-order valence-corrected chi connectivity index (χ2v) is 7.68. The van der Waals surface area contributed by atoms with E-state index in [0.29, 0.717) is 43.2 Å². The zero-order valence-corrected chi connectivity index (χ0v) is 16.4. The van der Waals surface area contributed by atoms with Crippen molar-refractivity contribution >= 4 is 11.6 Å². The van der Waals surface area contributed by atoms with Crippen molar-refractivity contribution in [3.05, 3.63) is 69.2 Å². The highest BCUT2D eigenvalue weighted by atomic mass is 35.5. The molecule has 3 rings (SSSR count). The van der Waals surface area contributed by atoms with Crippen molar-refractivity contribution in [2.45, 2.75) is 51.4 Å². The molecule has 0 amide bonds. The van der Waals surface area contributed by atoms with Crippen LogP contribution in [0.25, 0.3) is 0 Å². The summed E-state index contributed by atoms with van der Waals surface area (Å²) in [5.74, 6) is 2.91. The summed E-state index contributed by atoms with van der Waals surface area (Å²) in [6.07, 6.45) is 4.27. The lowest BCUT2D eigenvalue weighted by atomic mass is 9.79. The molecule has 0 saturated heterocycles. The first-order valence-corrected chi connectivity index (χ1v) is 9.90. The van der Waals surface area contributed by atoms with Crippen LogP contribution < -0.4 is 0 Å². The van der Waals surface area contributed by atoms with Crippen LogP contribution in [0.15, 0.2) is 24.3 Å². The van der Waals surface area contributed by atoms with E-state index in [9.17, 15) is 17.6 Å². The van der Waals surface area contributed by atoms with Crippen molar-refractivity contribution in [3.8, 4) is 11.8 Å². The monoisotopic (exact) mass is 408 g/mol. The molecule has 1 saturated carbocycles. The van der Waals surface area contributed by atoms with Crippen molar-refractivity contribution < 1.29 is 17.6 Å². The molecule has 2 aromatic rings. The van der Waals surface area contributed by atoms with Crippen LogP contribution in [-0.2, 0) is 6.42 Å². The molecular weight excluding hydrogens is 388 g/mol. The third-order valence-corrected chi connectivity index (χ3v) is 5.61.